The molecule has 9 heteroatoms. The molecular weight excluding hydrogens is 524 g/mol. The second kappa shape index (κ2) is 12.0. The Labute approximate surface area is 240 Å². The summed E-state index contributed by atoms with van der Waals surface area (Å²) in [6.07, 6.45) is 0.931. The predicted molar refractivity (Wildman–Crippen MR) is 150 cm³/mol. The zero-order valence-electron chi connectivity index (χ0n) is 24.2. The molecule has 2 aromatic carbocycles. The van der Waals surface area contributed by atoms with E-state index in [0.717, 1.165) is 0 Å². The van der Waals surface area contributed by atoms with E-state index in [1.807, 2.05) is 27.7 Å². The van der Waals surface area contributed by atoms with Gasteiger partial charge in [0.2, 0.25) is 29.4 Å². The smallest absolute Gasteiger partial charge is 0.261 e. The fourth-order valence-electron chi connectivity index (χ4n) is 5.39. The van der Waals surface area contributed by atoms with Crippen LogP contribution in [0.1, 0.15) is 69.3 Å². The van der Waals surface area contributed by atoms with Gasteiger partial charge in [0.05, 0.1) is 26.3 Å². The zero-order chi connectivity index (χ0) is 29.8. The van der Waals surface area contributed by atoms with Crippen molar-refractivity contribution < 1.29 is 33.4 Å². The molecular formula is C32H38N2O7. The van der Waals surface area contributed by atoms with Crippen LogP contribution < -0.4 is 0 Å². The summed E-state index contributed by atoms with van der Waals surface area (Å²) in [5, 5.41) is 0. The molecule has 0 radical (unpaired) electrons. The lowest BCUT2D eigenvalue weighted by atomic mass is 9.82. The quantitative estimate of drug-likeness (QED) is 0.230. The second-order valence-electron chi connectivity index (χ2n) is 12.3. The fraction of sp³-hybridized carbons (Fsp3) is 0.469. The summed E-state index contributed by atoms with van der Waals surface area (Å²) in [5.74, 6) is -3.61. The third kappa shape index (κ3) is 6.97. The fourth-order valence-corrected chi connectivity index (χ4v) is 5.39. The number of rotatable bonds is 11. The van der Waals surface area contributed by atoms with Crippen LogP contribution in [0.3, 0.4) is 0 Å². The summed E-state index contributed by atoms with van der Waals surface area (Å²) in [5.41, 5.74) is -0.0899. The van der Waals surface area contributed by atoms with Crippen molar-refractivity contribution in [2.45, 2.75) is 59.2 Å². The first-order valence-electron chi connectivity index (χ1n) is 13.9. The van der Waals surface area contributed by atoms with E-state index in [4.69, 9.17) is 9.47 Å². The second-order valence-corrected chi connectivity index (χ2v) is 12.3. The van der Waals surface area contributed by atoms with Gasteiger partial charge in [-0.15, -0.1) is 0 Å². The van der Waals surface area contributed by atoms with Crippen LogP contribution in [-0.4, -0.2) is 65.5 Å². The highest BCUT2D eigenvalue weighted by Gasteiger charge is 2.45. The Morgan fingerprint density at radius 1 is 0.659 bits per heavy atom. The van der Waals surface area contributed by atoms with Crippen LogP contribution in [0.5, 0.6) is 0 Å². The Hall–Kier alpha value is -3.69. The van der Waals surface area contributed by atoms with Gasteiger partial charge >= 0.3 is 0 Å². The van der Waals surface area contributed by atoms with Gasteiger partial charge in [0, 0.05) is 36.8 Å². The molecule has 0 bridgehead atoms. The number of ether oxygens (including phenoxy) is 2. The van der Waals surface area contributed by atoms with Gasteiger partial charge < -0.3 is 9.47 Å². The van der Waals surface area contributed by atoms with Crippen molar-refractivity contribution in [3.63, 3.8) is 0 Å². The van der Waals surface area contributed by atoms with Gasteiger partial charge in [-0.2, -0.15) is 0 Å². The number of hydrogen-bond donors (Lipinski definition) is 0. The summed E-state index contributed by atoms with van der Waals surface area (Å²) in [4.78, 5) is 67.4. The van der Waals surface area contributed by atoms with E-state index in [1.165, 1.54) is 9.80 Å². The van der Waals surface area contributed by atoms with Crippen LogP contribution in [0.2, 0.25) is 0 Å². The van der Waals surface area contributed by atoms with Crippen LogP contribution in [0, 0.1) is 10.8 Å². The average molecular weight is 563 g/mol. The Bertz CT molecular complexity index is 1210. The summed E-state index contributed by atoms with van der Waals surface area (Å²) in [7, 11) is 0. The number of carbonyl (C=O) groups excluding carboxylic acids is 5. The maximum Gasteiger partial charge on any atom is 0.261 e. The number of likely N-dealkylation sites (tertiary alicyclic amines) is 2. The largest absolute Gasteiger partial charge is 0.338 e. The third-order valence-corrected chi connectivity index (χ3v) is 7.45. The predicted octanol–water partition coefficient (Wildman–Crippen LogP) is 4.11. The lowest BCUT2D eigenvalue weighted by Crippen LogP contribution is -2.50. The normalized spacial score (nSPS) is 19.0. The third-order valence-electron chi connectivity index (χ3n) is 7.45. The molecule has 41 heavy (non-hydrogen) atoms. The summed E-state index contributed by atoms with van der Waals surface area (Å²) >= 11 is 0. The van der Waals surface area contributed by atoms with E-state index in [1.54, 1.807) is 60.7 Å². The van der Waals surface area contributed by atoms with Gasteiger partial charge in [-0.3, -0.25) is 33.8 Å². The van der Waals surface area contributed by atoms with E-state index < -0.39 is 22.4 Å². The van der Waals surface area contributed by atoms with E-state index in [-0.39, 0.29) is 75.6 Å². The number of benzene rings is 2. The van der Waals surface area contributed by atoms with E-state index in [2.05, 4.69) is 0 Å². The number of ketones is 1. The number of piperidine rings is 2. The van der Waals surface area contributed by atoms with Crippen molar-refractivity contribution >= 4 is 29.4 Å². The molecule has 2 fully saturated rings. The molecule has 2 aliphatic heterocycles. The minimum absolute atomic E-state index is 0.0497. The Kier molecular flexibility index (Phi) is 8.89. The van der Waals surface area contributed by atoms with Crippen LogP contribution >= 0.6 is 0 Å². The van der Waals surface area contributed by atoms with Gasteiger partial charge in [-0.05, 0) is 10.8 Å². The van der Waals surface area contributed by atoms with Crippen LogP contribution in [-0.2, 0) is 34.4 Å². The molecule has 2 heterocycles. The molecule has 4 amide bonds. The molecule has 9 nitrogen and oxygen atoms in total. The molecule has 4 rings (SSSR count). The Balaban J connectivity index is 1.60. The molecule has 218 valence electrons. The van der Waals surface area contributed by atoms with Gasteiger partial charge in [-0.25, -0.2) is 0 Å². The molecule has 2 aromatic rings. The maximum atomic E-state index is 14.1. The molecule has 0 aliphatic carbocycles. The van der Waals surface area contributed by atoms with Crippen LogP contribution in [0.15, 0.2) is 60.7 Å². The van der Waals surface area contributed by atoms with Crippen molar-refractivity contribution in [3.8, 4) is 0 Å². The van der Waals surface area contributed by atoms with Crippen molar-refractivity contribution in [1.29, 1.82) is 0 Å². The summed E-state index contributed by atoms with van der Waals surface area (Å²) in [6.45, 7) is 7.08. The highest BCUT2D eigenvalue weighted by atomic mass is 16.7. The minimum atomic E-state index is -1.95. The molecule has 2 aliphatic rings. The average Bonchev–Trinajstić information content (AvgIpc) is 2.90. The van der Waals surface area contributed by atoms with E-state index in [0.29, 0.717) is 11.1 Å². The van der Waals surface area contributed by atoms with Crippen LogP contribution in [0.4, 0.5) is 0 Å². The molecule has 0 atom stereocenters. The highest BCUT2D eigenvalue weighted by molar-refractivity contribution is 6.02. The maximum absolute atomic E-state index is 14.1. The van der Waals surface area contributed by atoms with Gasteiger partial charge in [0.15, 0.2) is 0 Å². The Morgan fingerprint density at radius 3 is 1.41 bits per heavy atom. The number of imide groups is 2. The van der Waals surface area contributed by atoms with E-state index >= 15 is 0 Å². The molecule has 2 saturated heterocycles. The lowest BCUT2D eigenvalue weighted by molar-refractivity contribution is -0.214. The monoisotopic (exact) mass is 562 g/mol. The zero-order valence-corrected chi connectivity index (χ0v) is 24.2. The number of hydrogen-bond acceptors (Lipinski definition) is 7. The van der Waals surface area contributed by atoms with Gasteiger partial charge in [0.25, 0.3) is 5.79 Å². The van der Waals surface area contributed by atoms with Crippen molar-refractivity contribution in [2.24, 2.45) is 10.8 Å². The first-order valence-corrected chi connectivity index (χ1v) is 13.9. The molecule has 0 unspecified atom stereocenters. The molecule has 0 N–H and O–H groups in total. The number of carbonyl (C=O) groups is 5. The number of Topliss-reactive ketones (excluding diaryl/α,β-unsaturated/α-hetero) is 1. The van der Waals surface area contributed by atoms with Gasteiger partial charge in [-0.1, -0.05) is 88.4 Å². The van der Waals surface area contributed by atoms with Crippen molar-refractivity contribution in [1.82, 2.24) is 9.80 Å². The van der Waals surface area contributed by atoms with Crippen LogP contribution in [0.25, 0.3) is 0 Å². The first-order chi connectivity index (χ1) is 19.3. The van der Waals surface area contributed by atoms with Gasteiger partial charge in [0.1, 0.15) is 0 Å². The topological polar surface area (TPSA) is 110 Å². The summed E-state index contributed by atoms with van der Waals surface area (Å²) < 4.78 is 12.5. The SMILES string of the molecule is CC1(C)CC(=O)N(CCOC(OCCN2C(=O)CC(C)(C)CC2=O)(C(=O)c2ccccc2)c2ccccc2)C(=O)C1. The highest BCUT2D eigenvalue weighted by Crippen LogP contribution is 2.35. The summed E-state index contributed by atoms with van der Waals surface area (Å²) in [6, 6.07) is 17.2. The molecule has 0 saturated carbocycles. The van der Waals surface area contributed by atoms with E-state index in [9.17, 15) is 24.0 Å². The standard InChI is InChI=1S/C32H38N2O7/c1-30(2)19-25(35)33(26(36)20-30)15-17-40-32(24-13-9-6-10-14-24,29(39)23-11-7-5-8-12-23)41-18-16-34-27(37)21-31(3,4)22-28(34)38/h5-14H,15-22H2,1-4H3. The molecule has 0 aromatic heterocycles. The Morgan fingerprint density at radius 2 is 1.02 bits per heavy atom. The first kappa shape index (κ1) is 30.3. The van der Waals surface area contributed by atoms with Crippen molar-refractivity contribution in [2.75, 3.05) is 26.3 Å². The number of nitrogens with zero attached hydrogens (tertiary/aromatic N) is 2. The number of amides is 4. The minimum Gasteiger partial charge on any atom is -0.338 e. The molecule has 0 spiro atoms. The lowest BCUT2D eigenvalue weighted by Gasteiger charge is -2.37. The van der Waals surface area contributed by atoms with Crippen molar-refractivity contribution in [3.05, 3.63) is 71.8 Å².